The number of benzene rings is 2. The van der Waals surface area contributed by atoms with Gasteiger partial charge in [0.05, 0.1) is 17.6 Å². The van der Waals surface area contributed by atoms with Crippen LogP contribution < -0.4 is 11.5 Å². The second-order valence-electron chi connectivity index (χ2n) is 6.03. The maximum atomic E-state index is 11.6. The van der Waals surface area contributed by atoms with Crippen LogP contribution in [-0.2, 0) is 13.5 Å². The van der Waals surface area contributed by atoms with E-state index in [0.717, 1.165) is 26.9 Å². The number of thiophene rings is 1. The van der Waals surface area contributed by atoms with Gasteiger partial charge in [0.1, 0.15) is 0 Å². The van der Waals surface area contributed by atoms with E-state index in [1.54, 1.807) is 18.4 Å². The summed E-state index contributed by atoms with van der Waals surface area (Å²) in [5, 5.41) is 10.00. The number of oxazole rings is 1. The zero-order chi connectivity index (χ0) is 17.6. The number of aromatic nitrogens is 1. The van der Waals surface area contributed by atoms with Crippen LogP contribution in [0.2, 0.25) is 0 Å². The fourth-order valence-electron chi connectivity index (χ4n) is 2.94. The Morgan fingerprint density at radius 1 is 1.28 bits per heavy atom. The van der Waals surface area contributed by atoms with Crippen LogP contribution in [0.15, 0.2) is 51.7 Å². The molecule has 6 heteroatoms. The fraction of sp³-hybridized carbons (Fsp3) is 0.158. The van der Waals surface area contributed by atoms with Gasteiger partial charge in [0.2, 0.25) is 0 Å². The van der Waals surface area contributed by atoms with Crippen LogP contribution in [0.5, 0.6) is 0 Å². The topological polar surface area (TPSA) is 84.9 Å². The van der Waals surface area contributed by atoms with Gasteiger partial charge in [-0.3, -0.25) is 4.57 Å². The maximum Gasteiger partial charge on any atom is 0.419 e. The number of rotatable bonds is 3. The van der Waals surface area contributed by atoms with Crippen molar-refractivity contribution in [2.45, 2.75) is 12.5 Å². The number of hydrogen-bond donors (Lipinski definition) is 1. The van der Waals surface area contributed by atoms with E-state index in [4.69, 9.17) is 15.4 Å². The zero-order valence-corrected chi connectivity index (χ0v) is 14.3. The molecule has 0 amide bonds. The molecule has 0 aliphatic heterocycles. The molecule has 1 atom stereocenters. The third kappa shape index (κ3) is 2.74. The van der Waals surface area contributed by atoms with E-state index < -0.39 is 6.04 Å². The lowest BCUT2D eigenvalue weighted by atomic mass is 10.1. The minimum atomic E-state index is -0.486. The molecule has 0 saturated carbocycles. The molecule has 2 heterocycles. The van der Waals surface area contributed by atoms with Crippen LogP contribution >= 0.6 is 11.3 Å². The summed E-state index contributed by atoms with van der Waals surface area (Å²) in [5.41, 5.74) is 9.18. The number of hydrogen-bond acceptors (Lipinski definition) is 5. The molecule has 0 bridgehead atoms. The molecular weight excluding hydrogens is 334 g/mol. The van der Waals surface area contributed by atoms with Gasteiger partial charge in [0.25, 0.3) is 0 Å². The van der Waals surface area contributed by atoms with Gasteiger partial charge in [-0.1, -0.05) is 12.1 Å². The van der Waals surface area contributed by atoms with Crippen LogP contribution in [0.1, 0.15) is 5.56 Å². The highest BCUT2D eigenvalue weighted by Crippen LogP contribution is 2.35. The van der Waals surface area contributed by atoms with Gasteiger partial charge < -0.3 is 10.2 Å². The zero-order valence-electron chi connectivity index (χ0n) is 13.5. The van der Waals surface area contributed by atoms with Gasteiger partial charge in [0.15, 0.2) is 5.58 Å². The molecule has 0 saturated heterocycles. The molecule has 5 nitrogen and oxygen atoms in total. The normalized spacial score (nSPS) is 12.5. The average molecular weight is 349 g/mol. The first-order chi connectivity index (χ1) is 12.0. The minimum absolute atomic E-state index is 0.359. The molecular formula is C19H15N3O2S. The molecule has 4 rings (SSSR count). The summed E-state index contributed by atoms with van der Waals surface area (Å²) < 4.78 is 7.86. The van der Waals surface area contributed by atoms with Gasteiger partial charge in [-0.15, -0.1) is 11.3 Å². The van der Waals surface area contributed by atoms with Crippen molar-refractivity contribution in [3.63, 3.8) is 0 Å². The predicted octanol–water partition coefficient (Wildman–Crippen LogP) is 3.41. The Bertz CT molecular complexity index is 1190. The Labute approximate surface area is 147 Å². The highest BCUT2D eigenvalue weighted by atomic mass is 32.1. The largest absolute Gasteiger partial charge is 0.419 e. The highest BCUT2D eigenvalue weighted by molar-refractivity contribution is 7.22. The van der Waals surface area contributed by atoms with Crippen molar-refractivity contribution in [2.75, 3.05) is 0 Å². The summed E-state index contributed by atoms with van der Waals surface area (Å²) in [5.74, 6) is -0.359. The van der Waals surface area contributed by atoms with Gasteiger partial charge in [-0.25, -0.2) is 4.79 Å². The van der Waals surface area contributed by atoms with Gasteiger partial charge in [0, 0.05) is 23.0 Å². The number of aryl methyl sites for hydroxylation is 1. The maximum absolute atomic E-state index is 11.6. The van der Waals surface area contributed by atoms with Crippen molar-refractivity contribution >= 4 is 32.5 Å². The summed E-state index contributed by atoms with van der Waals surface area (Å²) in [6.07, 6.45) is 0.542. The lowest BCUT2D eigenvalue weighted by molar-refractivity contribution is 0.528. The fourth-order valence-corrected chi connectivity index (χ4v) is 3.98. The second-order valence-corrected chi connectivity index (χ2v) is 7.12. The quantitative estimate of drug-likeness (QED) is 0.614. The first-order valence-corrected chi connectivity index (χ1v) is 8.64. The van der Waals surface area contributed by atoms with Crippen molar-refractivity contribution in [1.29, 1.82) is 5.26 Å². The Morgan fingerprint density at radius 2 is 2.12 bits per heavy atom. The molecule has 2 aromatic carbocycles. The van der Waals surface area contributed by atoms with E-state index in [0.29, 0.717) is 12.0 Å². The number of nitriles is 1. The minimum Gasteiger partial charge on any atom is -0.408 e. The third-order valence-electron chi connectivity index (χ3n) is 4.28. The molecule has 25 heavy (non-hydrogen) atoms. The van der Waals surface area contributed by atoms with Gasteiger partial charge >= 0.3 is 5.76 Å². The third-order valence-corrected chi connectivity index (χ3v) is 5.44. The molecule has 0 spiro atoms. The van der Waals surface area contributed by atoms with Crippen molar-refractivity contribution < 1.29 is 4.42 Å². The van der Waals surface area contributed by atoms with Gasteiger partial charge in [-0.2, -0.15) is 5.26 Å². The van der Waals surface area contributed by atoms with Crippen LogP contribution in [-0.4, -0.2) is 10.6 Å². The molecule has 1 unspecified atom stereocenters. The van der Waals surface area contributed by atoms with E-state index in [2.05, 4.69) is 24.3 Å². The Hall–Kier alpha value is -2.88. The van der Waals surface area contributed by atoms with Crippen molar-refractivity contribution in [1.82, 2.24) is 4.57 Å². The van der Waals surface area contributed by atoms with Crippen molar-refractivity contribution in [3.05, 3.63) is 58.6 Å². The second kappa shape index (κ2) is 5.88. The summed E-state index contributed by atoms with van der Waals surface area (Å²) in [6.45, 7) is 0. The molecule has 4 aromatic rings. The van der Waals surface area contributed by atoms with E-state index in [-0.39, 0.29) is 5.76 Å². The molecule has 0 aliphatic carbocycles. The van der Waals surface area contributed by atoms with Crippen molar-refractivity contribution in [3.8, 4) is 16.5 Å². The van der Waals surface area contributed by atoms with E-state index in [1.807, 2.05) is 24.3 Å². The Morgan fingerprint density at radius 3 is 2.92 bits per heavy atom. The van der Waals surface area contributed by atoms with Crippen LogP contribution in [0.4, 0.5) is 0 Å². The number of nitrogens with zero attached hydrogens (tertiary/aromatic N) is 2. The molecule has 0 fully saturated rings. The van der Waals surface area contributed by atoms with E-state index >= 15 is 0 Å². The van der Waals surface area contributed by atoms with Gasteiger partial charge in [-0.05, 0) is 46.8 Å². The summed E-state index contributed by atoms with van der Waals surface area (Å²) >= 11 is 1.69. The molecule has 0 aliphatic rings. The SMILES string of the molecule is Cn1c(=O)oc2ccc(-c3cc4cc(CC(N)C#N)ccc4s3)cc21. The Balaban J connectivity index is 1.77. The molecule has 124 valence electrons. The smallest absolute Gasteiger partial charge is 0.408 e. The standard InChI is InChI=1S/C19H15N3O2S/c1-22-15-8-12(3-4-16(15)24-19(22)23)18-9-13-6-11(7-14(21)10-20)2-5-17(13)25-18/h2-6,8-9,14H,7,21H2,1H3. The summed E-state index contributed by atoms with van der Waals surface area (Å²) in [7, 11) is 1.70. The van der Waals surface area contributed by atoms with Crippen LogP contribution in [0.3, 0.4) is 0 Å². The Kier molecular flexibility index (Phi) is 3.68. The van der Waals surface area contributed by atoms with E-state index in [1.165, 1.54) is 9.27 Å². The lowest BCUT2D eigenvalue weighted by Crippen LogP contribution is -2.19. The number of fused-ring (bicyclic) bond motifs is 2. The molecule has 0 radical (unpaired) electrons. The summed E-state index contributed by atoms with van der Waals surface area (Å²) in [4.78, 5) is 12.8. The van der Waals surface area contributed by atoms with Crippen molar-refractivity contribution in [2.24, 2.45) is 12.8 Å². The lowest BCUT2D eigenvalue weighted by Gasteiger charge is -2.02. The van der Waals surface area contributed by atoms with E-state index in [9.17, 15) is 4.79 Å². The molecule has 2 aromatic heterocycles. The monoisotopic (exact) mass is 349 g/mol. The first-order valence-electron chi connectivity index (χ1n) is 7.83. The highest BCUT2D eigenvalue weighted by Gasteiger charge is 2.11. The predicted molar refractivity (Wildman–Crippen MR) is 99.6 cm³/mol. The molecule has 2 N–H and O–H groups in total. The average Bonchev–Trinajstić information content (AvgIpc) is 3.15. The van der Waals surface area contributed by atoms with Crippen LogP contribution in [0, 0.1) is 11.3 Å². The van der Waals surface area contributed by atoms with Crippen LogP contribution in [0.25, 0.3) is 31.6 Å². The first kappa shape index (κ1) is 15.6. The summed E-state index contributed by atoms with van der Waals surface area (Å²) in [6, 6.07) is 15.6. The number of nitrogens with two attached hydrogens (primary N) is 1.